The lowest BCUT2D eigenvalue weighted by Crippen LogP contribution is -2.29. The number of ether oxygens (including phenoxy) is 2. The summed E-state index contributed by atoms with van der Waals surface area (Å²) in [6.45, 7) is 4.58. The predicted octanol–water partition coefficient (Wildman–Crippen LogP) is 1.91. The summed E-state index contributed by atoms with van der Waals surface area (Å²) in [6.07, 6.45) is 3.24. The van der Waals surface area contributed by atoms with Gasteiger partial charge in [-0.2, -0.15) is 0 Å². The van der Waals surface area contributed by atoms with Crippen LogP contribution in [0.15, 0.2) is 17.8 Å². The third-order valence-electron chi connectivity index (χ3n) is 2.40. The van der Waals surface area contributed by atoms with Crippen molar-refractivity contribution in [1.29, 1.82) is 0 Å². The molecule has 2 aromatic heterocycles. The highest BCUT2D eigenvalue weighted by molar-refractivity contribution is 7.15. The summed E-state index contributed by atoms with van der Waals surface area (Å²) in [6, 6.07) is 0. The molecule has 2 aromatic rings. The molecule has 0 saturated carbocycles. The van der Waals surface area contributed by atoms with Crippen molar-refractivity contribution in [2.75, 3.05) is 13.2 Å². The molecule has 0 radical (unpaired) electrons. The lowest BCUT2D eigenvalue weighted by atomic mass is 10.2. The third-order valence-corrected chi connectivity index (χ3v) is 3.17. The molecule has 0 atom stereocenters. The van der Waals surface area contributed by atoms with Crippen molar-refractivity contribution in [3.05, 3.63) is 23.5 Å². The van der Waals surface area contributed by atoms with Gasteiger partial charge >= 0.3 is 0 Å². The molecule has 0 aliphatic heterocycles. The minimum absolute atomic E-state index is 0.0931. The van der Waals surface area contributed by atoms with E-state index in [0.717, 1.165) is 10.7 Å². The van der Waals surface area contributed by atoms with Crippen LogP contribution >= 0.6 is 11.3 Å². The Morgan fingerprint density at radius 3 is 2.78 bits per heavy atom. The number of nitrogens with zero attached hydrogens (tertiary/aromatic N) is 2. The smallest absolute Gasteiger partial charge is 0.218 e. The van der Waals surface area contributed by atoms with Crippen LogP contribution in [0.25, 0.3) is 4.96 Å². The van der Waals surface area contributed by atoms with Crippen molar-refractivity contribution in [2.24, 2.45) is 0 Å². The molecule has 0 bridgehead atoms. The van der Waals surface area contributed by atoms with Crippen LogP contribution in [0.4, 0.5) is 0 Å². The molecule has 2 heterocycles. The summed E-state index contributed by atoms with van der Waals surface area (Å²) in [5, 5.41) is 1.96. The molecule has 0 aliphatic rings. The summed E-state index contributed by atoms with van der Waals surface area (Å²) >= 11 is 1.54. The molecule has 0 aromatic carbocycles. The average molecular weight is 268 g/mol. The average Bonchev–Trinajstić information content (AvgIpc) is 2.89. The van der Waals surface area contributed by atoms with E-state index in [0.29, 0.717) is 13.2 Å². The summed E-state index contributed by atoms with van der Waals surface area (Å²) in [5.74, 6) is -0.0931. The highest BCUT2D eigenvalue weighted by Crippen LogP contribution is 2.12. The minimum atomic E-state index is -0.778. The van der Waals surface area contributed by atoms with Crippen LogP contribution in [-0.2, 0) is 20.7 Å². The second-order valence-electron chi connectivity index (χ2n) is 3.71. The van der Waals surface area contributed by atoms with E-state index in [2.05, 4.69) is 4.98 Å². The Kier molecular flexibility index (Phi) is 4.46. The van der Waals surface area contributed by atoms with Gasteiger partial charge in [-0.05, 0) is 13.8 Å². The van der Waals surface area contributed by atoms with Gasteiger partial charge in [0, 0.05) is 31.0 Å². The maximum atomic E-state index is 12.0. The van der Waals surface area contributed by atoms with E-state index >= 15 is 0 Å². The molecule has 0 aliphatic carbocycles. The monoisotopic (exact) mass is 268 g/mol. The van der Waals surface area contributed by atoms with E-state index in [9.17, 15) is 4.79 Å². The van der Waals surface area contributed by atoms with E-state index in [4.69, 9.17) is 9.47 Å². The number of rotatable bonds is 7. The first-order valence-electron chi connectivity index (χ1n) is 5.91. The first kappa shape index (κ1) is 13.2. The molecular formula is C12H16N2O3S. The standard InChI is InChI=1S/C12H16N2O3S/c1-3-16-11(17-4-2)10(15)7-9-8-14-5-6-18-12(14)13-9/h5-6,8,11H,3-4,7H2,1-2H3. The van der Waals surface area contributed by atoms with Crippen molar-refractivity contribution in [3.63, 3.8) is 0 Å². The number of aromatic nitrogens is 2. The Labute approximate surface area is 109 Å². The van der Waals surface area contributed by atoms with Crippen LogP contribution in [-0.4, -0.2) is 34.7 Å². The van der Waals surface area contributed by atoms with Crippen molar-refractivity contribution in [3.8, 4) is 0 Å². The van der Waals surface area contributed by atoms with Crippen LogP contribution in [0.5, 0.6) is 0 Å². The number of hydrogen-bond donors (Lipinski definition) is 0. The lowest BCUT2D eigenvalue weighted by Gasteiger charge is -2.14. The van der Waals surface area contributed by atoms with Gasteiger partial charge in [-0.25, -0.2) is 4.98 Å². The second-order valence-corrected chi connectivity index (χ2v) is 4.58. The minimum Gasteiger partial charge on any atom is -0.346 e. The fourth-order valence-electron chi connectivity index (χ4n) is 1.66. The molecular weight excluding hydrogens is 252 g/mol. The zero-order valence-electron chi connectivity index (χ0n) is 10.5. The Morgan fingerprint density at radius 2 is 2.17 bits per heavy atom. The topological polar surface area (TPSA) is 52.8 Å². The summed E-state index contributed by atoms with van der Waals surface area (Å²) in [7, 11) is 0. The van der Waals surface area contributed by atoms with Gasteiger partial charge in [0.15, 0.2) is 10.7 Å². The molecule has 0 amide bonds. The van der Waals surface area contributed by atoms with Crippen molar-refractivity contribution < 1.29 is 14.3 Å². The van der Waals surface area contributed by atoms with Crippen LogP contribution < -0.4 is 0 Å². The summed E-state index contributed by atoms with van der Waals surface area (Å²) in [4.78, 5) is 17.3. The fourth-order valence-corrected chi connectivity index (χ4v) is 2.38. The molecule has 0 N–H and O–H groups in total. The second kappa shape index (κ2) is 6.08. The zero-order chi connectivity index (χ0) is 13.0. The highest BCUT2D eigenvalue weighted by Gasteiger charge is 2.20. The first-order valence-corrected chi connectivity index (χ1v) is 6.79. The van der Waals surface area contributed by atoms with Crippen LogP contribution in [0.3, 0.4) is 0 Å². The number of hydrogen-bond acceptors (Lipinski definition) is 5. The number of ketones is 1. The molecule has 18 heavy (non-hydrogen) atoms. The van der Waals surface area contributed by atoms with Crippen LogP contribution in [0, 0.1) is 0 Å². The third kappa shape index (κ3) is 2.95. The lowest BCUT2D eigenvalue weighted by molar-refractivity contribution is -0.167. The first-order chi connectivity index (χ1) is 8.74. The van der Waals surface area contributed by atoms with Gasteiger partial charge in [0.2, 0.25) is 6.29 Å². The quantitative estimate of drug-likeness (QED) is 0.720. The van der Waals surface area contributed by atoms with Gasteiger partial charge in [-0.1, -0.05) is 0 Å². The normalized spacial score (nSPS) is 11.5. The number of Topliss-reactive ketones (excluding diaryl/α,β-unsaturated/α-hetero) is 1. The Bertz CT molecular complexity index is 486. The van der Waals surface area contributed by atoms with Gasteiger partial charge in [-0.15, -0.1) is 11.3 Å². The predicted molar refractivity (Wildman–Crippen MR) is 68.8 cm³/mol. The maximum Gasteiger partial charge on any atom is 0.218 e. The van der Waals surface area contributed by atoms with E-state index in [-0.39, 0.29) is 12.2 Å². The molecule has 0 saturated heterocycles. The van der Waals surface area contributed by atoms with Gasteiger partial charge in [0.05, 0.1) is 12.1 Å². The van der Waals surface area contributed by atoms with Gasteiger partial charge in [0.1, 0.15) is 0 Å². The molecule has 98 valence electrons. The number of thiazole rings is 1. The van der Waals surface area contributed by atoms with Gasteiger partial charge in [0.25, 0.3) is 0 Å². The van der Waals surface area contributed by atoms with E-state index in [1.54, 1.807) is 11.3 Å². The molecule has 5 nitrogen and oxygen atoms in total. The number of carbonyl (C=O) groups excluding carboxylic acids is 1. The van der Waals surface area contributed by atoms with Crippen molar-refractivity contribution in [1.82, 2.24) is 9.38 Å². The molecule has 0 unspecified atom stereocenters. The molecule has 2 rings (SSSR count). The summed E-state index contributed by atoms with van der Waals surface area (Å²) in [5.41, 5.74) is 0.747. The van der Waals surface area contributed by atoms with Crippen LogP contribution in [0.1, 0.15) is 19.5 Å². The Balaban J connectivity index is 2.02. The van der Waals surface area contributed by atoms with Crippen LogP contribution in [0.2, 0.25) is 0 Å². The van der Waals surface area contributed by atoms with E-state index < -0.39 is 6.29 Å². The van der Waals surface area contributed by atoms with Crippen molar-refractivity contribution >= 4 is 22.1 Å². The Hall–Kier alpha value is -1.24. The largest absolute Gasteiger partial charge is 0.346 e. The zero-order valence-corrected chi connectivity index (χ0v) is 11.3. The van der Waals surface area contributed by atoms with Gasteiger partial charge in [-0.3, -0.25) is 9.20 Å². The van der Waals surface area contributed by atoms with Crippen molar-refractivity contribution in [2.45, 2.75) is 26.6 Å². The summed E-state index contributed by atoms with van der Waals surface area (Å²) < 4.78 is 12.4. The molecule has 6 heteroatoms. The number of carbonyl (C=O) groups is 1. The molecule has 0 spiro atoms. The van der Waals surface area contributed by atoms with E-state index in [1.165, 1.54) is 0 Å². The fraction of sp³-hybridized carbons (Fsp3) is 0.500. The molecule has 0 fully saturated rings. The Morgan fingerprint density at radius 1 is 1.44 bits per heavy atom. The number of imidazole rings is 1. The number of fused-ring (bicyclic) bond motifs is 1. The van der Waals surface area contributed by atoms with Gasteiger partial charge < -0.3 is 9.47 Å². The maximum absolute atomic E-state index is 12.0. The van der Waals surface area contributed by atoms with E-state index in [1.807, 2.05) is 36.0 Å². The SMILES string of the molecule is CCOC(OCC)C(=O)Cc1cn2ccsc2n1. The highest BCUT2D eigenvalue weighted by atomic mass is 32.1.